The van der Waals surface area contributed by atoms with Gasteiger partial charge in [0.25, 0.3) is 0 Å². The summed E-state index contributed by atoms with van der Waals surface area (Å²) in [5.74, 6) is 0. The zero-order valence-electron chi connectivity index (χ0n) is 7.95. The fraction of sp³-hybridized carbons (Fsp3) is 1.00. The number of hydrogen-bond acceptors (Lipinski definition) is 3. The fourth-order valence-corrected chi connectivity index (χ4v) is 1.83. The summed E-state index contributed by atoms with van der Waals surface area (Å²) < 4.78 is 0. The van der Waals surface area contributed by atoms with Crippen LogP contribution in [0, 0.1) is 0 Å². The summed E-state index contributed by atoms with van der Waals surface area (Å²) in [6.07, 6.45) is 1.76. The quantitative estimate of drug-likeness (QED) is 0.627. The van der Waals surface area contributed by atoms with Gasteiger partial charge >= 0.3 is 0 Å². The minimum absolute atomic E-state index is 0.573. The molecule has 0 aromatic rings. The largest absolute Gasteiger partial charge is 0.389 e. The predicted octanol–water partition coefficient (Wildman–Crippen LogP) is 0.214. The summed E-state index contributed by atoms with van der Waals surface area (Å²) in [6.45, 7) is 3.51. The maximum absolute atomic E-state index is 9.98. The number of aliphatic hydroxyl groups is 2. The van der Waals surface area contributed by atoms with E-state index in [1.807, 2.05) is 14.0 Å². The van der Waals surface area contributed by atoms with Gasteiger partial charge in [-0.1, -0.05) is 13.3 Å². The molecule has 3 heteroatoms. The van der Waals surface area contributed by atoms with Gasteiger partial charge < -0.3 is 15.1 Å². The lowest BCUT2D eigenvalue weighted by atomic mass is 9.85. The summed E-state index contributed by atoms with van der Waals surface area (Å²) in [6, 6.07) is 0. The summed E-state index contributed by atoms with van der Waals surface area (Å²) in [7, 11) is 1.97. The summed E-state index contributed by atoms with van der Waals surface area (Å²) >= 11 is 0. The maximum Gasteiger partial charge on any atom is 0.0953 e. The summed E-state index contributed by atoms with van der Waals surface area (Å²) in [5.41, 5.74) is -0.818. The molecule has 72 valence electrons. The molecule has 2 N–H and O–H groups in total. The van der Waals surface area contributed by atoms with Crippen molar-refractivity contribution in [3.8, 4) is 0 Å². The van der Waals surface area contributed by atoms with Crippen LogP contribution in [0.2, 0.25) is 0 Å². The van der Waals surface area contributed by atoms with E-state index in [9.17, 15) is 10.2 Å². The van der Waals surface area contributed by atoms with E-state index in [1.54, 1.807) is 0 Å². The minimum atomic E-state index is -0.818. The first kappa shape index (κ1) is 9.96. The highest BCUT2D eigenvalue weighted by Gasteiger charge is 2.38. The zero-order chi connectivity index (χ0) is 9.19. The second-order valence-corrected chi connectivity index (χ2v) is 3.88. The standard InChI is InChI=1S/C9H19NO2/c1-3-4-9(12)5-6-10(2)7-8(9)11/h8,11-12H,3-7H2,1-2H3/t8-,9+/m0/s1. The molecule has 1 fully saturated rings. The lowest BCUT2D eigenvalue weighted by Gasteiger charge is -2.40. The van der Waals surface area contributed by atoms with Crippen LogP contribution >= 0.6 is 0 Å². The van der Waals surface area contributed by atoms with Crippen molar-refractivity contribution in [2.45, 2.75) is 37.9 Å². The first-order valence-electron chi connectivity index (χ1n) is 4.67. The summed E-state index contributed by atoms with van der Waals surface area (Å²) in [5, 5.41) is 19.6. The summed E-state index contributed by atoms with van der Waals surface area (Å²) in [4.78, 5) is 2.05. The Bertz CT molecular complexity index is 151. The highest BCUT2D eigenvalue weighted by atomic mass is 16.3. The number of piperidine rings is 1. The van der Waals surface area contributed by atoms with E-state index in [0.29, 0.717) is 19.4 Å². The lowest BCUT2D eigenvalue weighted by Crippen LogP contribution is -2.54. The van der Waals surface area contributed by atoms with Gasteiger partial charge in [0.1, 0.15) is 0 Å². The van der Waals surface area contributed by atoms with Crippen molar-refractivity contribution < 1.29 is 10.2 Å². The Balaban J connectivity index is 2.53. The molecule has 1 aliphatic rings. The zero-order valence-corrected chi connectivity index (χ0v) is 7.95. The normalized spacial score (nSPS) is 38.5. The molecule has 0 spiro atoms. The van der Waals surface area contributed by atoms with Gasteiger partial charge in [-0.05, 0) is 19.9 Å². The molecule has 0 amide bonds. The second-order valence-electron chi connectivity index (χ2n) is 3.88. The molecule has 0 saturated carbocycles. The molecule has 0 aliphatic carbocycles. The van der Waals surface area contributed by atoms with Crippen LogP contribution in [0.3, 0.4) is 0 Å². The SMILES string of the molecule is CCC[C@@]1(O)CCN(C)C[C@@H]1O. The number of likely N-dealkylation sites (tertiary alicyclic amines) is 1. The van der Waals surface area contributed by atoms with Crippen LogP contribution in [-0.2, 0) is 0 Å². The van der Waals surface area contributed by atoms with Gasteiger partial charge in [-0.3, -0.25) is 0 Å². The van der Waals surface area contributed by atoms with Crippen LogP contribution in [0.5, 0.6) is 0 Å². The highest BCUT2D eigenvalue weighted by molar-refractivity contribution is 4.92. The van der Waals surface area contributed by atoms with Crippen molar-refractivity contribution in [1.82, 2.24) is 4.90 Å². The van der Waals surface area contributed by atoms with E-state index >= 15 is 0 Å². The molecule has 1 aliphatic heterocycles. The van der Waals surface area contributed by atoms with Crippen LogP contribution in [0.15, 0.2) is 0 Å². The van der Waals surface area contributed by atoms with Gasteiger partial charge in [-0.2, -0.15) is 0 Å². The Morgan fingerprint density at radius 1 is 1.58 bits per heavy atom. The van der Waals surface area contributed by atoms with Gasteiger partial charge in [-0.15, -0.1) is 0 Å². The predicted molar refractivity (Wildman–Crippen MR) is 48.0 cm³/mol. The molecule has 1 rings (SSSR count). The van der Waals surface area contributed by atoms with E-state index in [2.05, 4.69) is 4.90 Å². The molecule has 3 nitrogen and oxygen atoms in total. The van der Waals surface area contributed by atoms with Crippen LogP contribution in [0.4, 0.5) is 0 Å². The van der Waals surface area contributed by atoms with Crippen LogP contribution in [0.25, 0.3) is 0 Å². The molecule has 0 unspecified atom stereocenters. The Kier molecular flexibility index (Phi) is 3.09. The molecule has 2 atom stereocenters. The van der Waals surface area contributed by atoms with Crippen molar-refractivity contribution >= 4 is 0 Å². The highest BCUT2D eigenvalue weighted by Crippen LogP contribution is 2.26. The first-order chi connectivity index (χ1) is 5.58. The van der Waals surface area contributed by atoms with Crippen molar-refractivity contribution in [2.75, 3.05) is 20.1 Å². The third-order valence-electron chi connectivity index (χ3n) is 2.71. The van der Waals surface area contributed by atoms with Crippen molar-refractivity contribution in [3.05, 3.63) is 0 Å². The Hall–Kier alpha value is -0.120. The third-order valence-corrected chi connectivity index (χ3v) is 2.71. The van der Waals surface area contributed by atoms with Crippen LogP contribution in [0.1, 0.15) is 26.2 Å². The molecule has 0 aromatic heterocycles. The Morgan fingerprint density at radius 2 is 2.25 bits per heavy atom. The first-order valence-corrected chi connectivity index (χ1v) is 4.67. The third kappa shape index (κ3) is 1.97. The fourth-order valence-electron chi connectivity index (χ4n) is 1.83. The number of hydrogen-bond donors (Lipinski definition) is 2. The average Bonchev–Trinajstić information content (AvgIpc) is 1.99. The van der Waals surface area contributed by atoms with Crippen molar-refractivity contribution in [1.29, 1.82) is 0 Å². The monoisotopic (exact) mass is 173 g/mol. The molecule has 0 aromatic carbocycles. The van der Waals surface area contributed by atoms with E-state index in [1.165, 1.54) is 0 Å². The Morgan fingerprint density at radius 3 is 2.75 bits per heavy atom. The average molecular weight is 173 g/mol. The van der Waals surface area contributed by atoms with Crippen LogP contribution in [-0.4, -0.2) is 47.0 Å². The lowest BCUT2D eigenvalue weighted by molar-refractivity contribution is -0.119. The minimum Gasteiger partial charge on any atom is -0.389 e. The maximum atomic E-state index is 9.98. The van der Waals surface area contributed by atoms with Gasteiger partial charge in [0.2, 0.25) is 0 Å². The number of rotatable bonds is 2. The molecular weight excluding hydrogens is 154 g/mol. The topological polar surface area (TPSA) is 43.7 Å². The van der Waals surface area contributed by atoms with E-state index in [4.69, 9.17) is 0 Å². The van der Waals surface area contributed by atoms with Gasteiger partial charge in [0.05, 0.1) is 11.7 Å². The van der Waals surface area contributed by atoms with Crippen molar-refractivity contribution in [2.24, 2.45) is 0 Å². The van der Waals surface area contributed by atoms with Crippen molar-refractivity contribution in [3.63, 3.8) is 0 Å². The molecule has 12 heavy (non-hydrogen) atoms. The number of aliphatic hydroxyl groups excluding tert-OH is 1. The molecule has 0 radical (unpaired) electrons. The molecule has 1 saturated heterocycles. The van der Waals surface area contributed by atoms with E-state index in [0.717, 1.165) is 13.0 Å². The van der Waals surface area contributed by atoms with Gasteiger partial charge in [0.15, 0.2) is 0 Å². The van der Waals surface area contributed by atoms with Gasteiger partial charge in [0, 0.05) is 13.1 Å². The van der Waals surface area contributed by atoms with Gasteiger partial charge in [-0.25, -0.2) is 0 Å². The molecule has 1 heterocycles. The van der Waals surface area contributed by atoms with E-state index in [-0.39, 0.29) is 0 Å². The smallest absolute Gasteiger partial charge is 0.0953 e. The number of nitrogens with zero attached hydrogens (tertiary/aromatic N) is 1. The number of likely N-dealkylation sites (N-methyl/N-ethyl adjacent to an activating group) is 1. The molecule has 0 bridgehead atoms. The number of β-amino-alcohol motifs (C(OH)–C–C–N with tert-alkyl or cyclic N) is 1. The molecular formula is C9H19NO2. The van der Waals surface area contributed by atoms with Crippen LogP contribution < -0.4 is 0 Å². The Labute approximate surface area is 74.0 Å². The van der Waals surface area contributed by atoms with E-state index < -0.39 is 11.7 Å². The second kappa shape index (κ2) is 3.73.